The molecule has 4 rings (SSSR count). The van der Waals surface area contributed by atoms with Crippen LogP contribution in [0.2, 0.25) is 0 Å². The third-order valence-electron chi connectivity index (χ3n) is 4.84. The predicted octanol–water partition coefficient (Wildman–Crippen LogP) is 1.47. The number of rotatable bonds is 2. The highest BCUT2D eigenvalue weighted by molar-refractivity contribution is 5.78. The summed E-state index contributed by atoms with van der Waals surface area (Å²) in [5, 5.41) is 17.4. The van der Waals surface area contributed by atoms with E-state index in [1.807, 2.05) is 22.7 Å². The van der Waals surface area contributed by atoms with Crippen molar-refractivity contribution in [2.75, 3.05) is 13.1 Å². The Morgan fingerprint density at radius 3 is 3.21 bits per heavy atom. The van der Waals surface area contributed by atoms with Gasteiger partial charge in [0.05, 0.1) is 17.8 Å². The summed E-state index contributed by atoms with van der Waals surface area (Å²) in [7, 11) is 0. The maximum atomic E-state index is 12.1. The molecule has 1 aliphatic heterocycles. The van der Waals surface area contributed by atoms with Crippen molar-refractivity contribution >= 4 is 22.7 Å². The Morgan fingerprint density at radius 1 is 1.50 bits per heavy atom. The van der Waals surface area contributed by atoms with Crippen LogP contribution in [0, 0.1) is 17.2 Å². The van der Waals surface area contributed by atoms with E-state index in [1.165, 1.54) is 0 Å². The van der Waals surface area contributed by atoms with Gasteiger partial charge in [-0.05, 0) is 18.4 Å². The molecule has 8 nitrogen and oxygen atoms in total. The average molecular weight is 323 g/mol. The van der Waals surface area contributed by atoms with Crippen molar-refractivity contribution in [2.24, 2.45) is 5.92 Å². The minimum absolute atomic E-state index is 0.0757. The molecule has 8 heteroatoms. The Morgan fingerprint density at radius 2 is 2.38 bits per heavy atom. The van der Waals surface area contributed by atoms with Crippen molar-refractivity contribution in [3.8, 4) is 6.07 Å². The van der Waals surface area contributed by atoms with Crippen LogP contribution in [0.4, 0.5) is 0 Å². The first-order valence-corrected chi connectivity index (χ1v) is 8.01. The average Bonchev–Trinajstić information content (AvgIpc) is 3.21. The van der Waals surface area contributed by atoms with Gasteiger partial charge in [0.25, 0.3) is 0 Å². The summed E-state index contributed by atoms with van der Waals surface area (Å²) in [6, 6.07) is 3.89. The zero-order valence-electron chi connectivity index (χ0n) is 13.3. The number of piperidine rings is 1. The van der Waals surface area contributed by atoms with Crippen molar-refractivity contribution < 1.29 is 4.79 Å². The number of likely N-dealkylation sites (tertiary alicyclic amines) is 1. The predicted molar refractivity (Wildman–Crippen MR) is 86.0 cm³/mol. The van der Waals surface area contributed by atoms with E-state index in [9.17, 15) is 4.79 Å². The molecule has 0 spiro atoms. The van der Waals surface area contributed by atoms with Gasteiger partial charge in [-0.15, -0.1) is 10.2 Å². The number of hydrogen-bond acceptors (Lipinski definition) is 5. The van der Waals surface area contributed by atoms with E-state index in [1.54, 1.807) is 11.1 Å². The van der Waals surface area contributed by atoms with Gasteiger partial charge < -0.3 is 9.88 Å². The van der Waals surface area contributed by atoms with Crippen LogP contribution in [0.5, 0.6) is 0 Å². The van der Waals surface area contributed by atoms with Crippen molar-refractivity contribution in [1.29, 1.82) is 5.26 Å². The number of aromatic nitrogens is 5. The lowest BCUT2D eigenvalue weighted by Crippen LogP contribution is -2.42. The number of hydrogen-bond donors (Lipinski definition) is 1. The van der Waals surface area contributed by atoms with Crippen molar-refractivity contribution in [3.63, 3.8) is 0 Å². The van der Waals surface area contributed by atoms with Crippen LogP contribution in [-0.2, 0) is 4.79 Å². The number of H-pyrrole nitrogens is 1. The number of nitriles is 1. The van der Waals surface area contributed by atoms with Crippen LogP contribution in [0.15, 0.2) is 18.5 Å². The highest BCUT2D eigenvalue weighted by atomic mass is 16.2. The first-order chi connectivity index (χ1) is 11.7. The fourth-order valence-corrected chi connectivity index (χ4v) is 3.45. The zero-order valence-corrected chi connectivity index (χ0v) is 13.3. The van der Waals surface area contributed by atoms with Gasteiger partial charge >= 0.3 is 0 Å². The van der Waals surface area contributed by atoms with Gasteiger partial charge in [-0.3, -0.25) is 9.20 Å². The molecule has 0 saturated carbocycles. The van der Waals surface area contributed by atoms with E-state index in [2.05, 4.69) is 27.1 Å². The Labute approximate surface area is 138 Å². The fraction of sp³-hybridized carbons (Fsp3) is 0.438. The minimum Gasteiger partial charge on any atom is -0.345 e. The molecule has 4 heterocycles. The molecule has 1 saturated heterocycles. The van der Waals surface area contributed by atoms with Gasteiger partial charge in [0.2, 0.25) is 5.91 Å². The lowest BCUT2D eigenvalue weighted by atomic mass is 9.86. The van der Waals surface area contributed by atoms with E-state index >= 15 is 0 Å². The molecule has 0 bridgehead atoms. The van der Waals surface area contributed by atoms with Gasteiger partial charge in [0.15, 0.2) is 11.3 Å². The van der Waals surface area contributed by atoms with Crippen LogP contribution in [0.1, 0.15) is 31.5 Å². The summed E-state index contributed by atoms with van der Waals surface area (Å²) in [6.45, 7) is 3.43. The summed E-state index contributed by atoms with van der Waals surface area (Å²) < 4.78 is 2.01. The first kappa shape index (κ1) is 14.6. The third-order valence-corrected chi connectivity index (χ3v) is 4.84. The van der Waals surface area contributed by atoms with Crippen molar-refractivity contribution in [3.05, 3.63) is 24.3 Å². The molecule has 0 radical (unpaired) electrons. The standard InChI is InChI=1S/C16H17N7O/c1-10-4-7-22(14(24)2-5-17)9-11(10)16-21-20-13-8-19-15-12(23(13)16)3-6-18-15/h3,6,8,10-11,18H,2,4,7,9H2,1H3/t10-,11-/m1/s1. The first-order valence-electron chi connectivity index (χ1n) is 8.01. The van der Waals surface area contributed by atoms with Crippen LogP contribution in [0.25, 0.3) is 16.8 Å². The second-order valence-electron chi connectivity index (χ2n) is 6.27. The number of carbonyl (C=O) groups excluding carboxylic acids is 1. The highest BCUT2D eigenvalue weighted by Crippen LogP contribution is 2.32. The SMILES string of the molecule is C[C@@H]1CCN(C(=O)CC#N)C[C@H]1c1nnc2cnc3[nH]ccc3n12. The van der Waals surface area contributed by atoms with E-state index in [0.717, 1.165) is 23.4 Å². The molecule has 24 heavy (non-hydrogen) atoms. The van der Waals surface area contributed by atoms with Gasteiger partial charge in [0, 0.05) is 25.2 Å². The summed E-state index contributed by atoms with van der Waals surface area (Å²) in [4.78, 5) is 21.3. The van der Waals surface area contributed by atoms with Gasteiger partial charge in [0.1, 0.15) is 12.2 Å². The van der Waals surface area contributed by atoms with Gasteiger partial charge in [-0.1, -0.05) is 6.92 Å². The number of aromatic amines is 1. The quantitative estimate of drug-likeness (QED) is 0.769. The van der Waals surface area contributed by atoms with Gasteiger partial charge in [-0.25, -0.2) is 4.98 Å². The number of carbonyl (C=O) groups is 1. The Balaban J connectivity index is 1.76. The molecule has 1 N–H and O–H groups in total. The lowest BCUT2D eigenvalue weighted by Gasteiger charge is -2.36. The van der Waals surface area contributed by atoms with Crippen molar-refractivity contribution in [1.82, 2.24) is 29.5 Å². The third kappa shape index (κ3) is 2.21. The molecule has 1 amide bonds. The molecule has 1 fully saturated rings. The van der Waals surface area contributed by atoms with Crippen molar-refractivity contribution in [2.45, 2.75) is 25.7 Å². The molecular weight excluding hydrogens is 306 g/mol. The molecule has 0 aromatic carbocycles. The number of nitrogens with zero attached hydrogens (tertiary/aromatic N) is 6. The second-order valence-corrected chi connectivity index (χ2v) is 6.27. The van der Waals surface area contributed by atoms with Crippen LogP contribution in [0.3, 0.4) is 0 Å². The Hall–Kier alpha value is -2.95. The second kappa shape index (κ2) is 5.60. The molecule has 3 aromatic heterocycles. The summed E-state index contributed by atoms with van der Waals surface area (Å²) in [6.07, 6.45) is 4.35. The molecular formula is C16H17N7O. The molecule has 122 valence electrons. The highest BCUT2D eigenvalue weighted by Gasteiger charge is 2.33. The topological polar surface area (TPSA) is 103 Å². The Bertz CT molecular complexity index is 950. The van der Waals surface area contributed by atoms with E-state index in [0.29, 0.717) is 24.7 Å². The maximum Gasteiger partial charge on any atom is 0.236 e. The molecule has 3 aromatic rings. The smallest absolute Gasteiger partial charge is 0.236 e. The summed E-state index contributed by atoms with van der Waals surface area (Å²) in [5.41, 5.74) is 2.41. The van der Waals surface area contributed by atoms with Crippen LogP contribution >= 0.6 is 0 Å². The maximum absolute atomic E-state index is 12.1. The zero-order chi connectivity index (χ0) is 16.7. The normalized spacial score (nSPS) is 21.2. The van der Waals surface area contributed by atoms with E-state index in [4.69, 9.17) is 5.26 Å². The van der Waals surface area contributed by atoms with E-state index in [-0.39, 0.29) is 18.2 Å². The fourth-order valence-electron chi connectivity index (χ4n) is 3.45. The number of fused-ring (bicyclic) bond motifs is 3. The monoisotopic (exact) mass is 323 g/mol. The largest absolute Gasteiger partial charge is 0.345 e. The lowest BCUT2D eigenvalue weighted by molar-refractivity contribution is -0.131. The molecule has 0 unspecified atom stereocenters. The molecule has 0 aliphatic carbocycles. The summed E-state index contributed by atoms with van der Waals surface area (Å²) in [5.74, 6) is 1.19. The van der Waals surface area contributed by atoms with E-state index < -0.39 is 0 Å². The minimum atomic E-state index is -0.114. The molecule has 2 atom stereocenters. The number of nitrogens with one attached hydrogen (secondary N) is 1. The molecule has 1 aliphatic rings. The van der Waals surface area contributed by atoms with Crippen LogP contribution in [-0.4, -0.2) is 48.5 Å². The number of amides is 1. The van der Waals surface area contributed by atoms with Crippen LogP contribution < -0.4 is 0 Å². The van der Waals surface area contributed by atoms with Gasteiger partial charge in [-0.2, -0.15) is 5.26 Å². The summed E-state index contributed by atoms with van der Waals surface area (Å²) >= 11 is 0. The Kier molecular flexibility index (Phi) is 3.41.